The van der Waals surface area contributed by atoms with Crippen LogP contribution in [0.2, 0.25) is 0 Å². The molecule has 1 atom stereocenters. The summed E-state index contributed by atoms with van der Waals surface area (Å²) in [5.41, 5.74) is 0. The van der Waals surface area contributed by atoms with Crippen molar-refractivity contribution in [1.29, 1.82) is 0 Å². The van der Waals surface area contributed by atoms with Gasteiger partial charge in [0.2, 0.25) is 0 Å². The van der Waals surface area contributed by atoms with E-state index in [0.29, 0.717) is 19.3 Å². The monoisotopic (exact) mass is 1120 g/mol. The van der Waals surface area contributed by atoms with Gasteiger partial charge in [-0.2, -0.15) is 0 Å². The van der Waals surface area contributed by atoms with E-state index >= 15 is 0 Å². The van der Waals surface area contributed by atoms with E-state index in [-0.39, 0.29) is 37.5 Å². The van der Waals surface area contributed by atoms with Crippen LogP contribution in [0, 0.1) is 0 Å². The minimum absolute atomic E-state index is 0.0974. The fraction of sp³-hybridized carbons (Fsp3) is 0.667. The Balaban J connectivity index is 4.23. The number of hydrogen-bond donors (Lipinski definition) is 0. The van der Waals surface area contributed by atoms with Gasteiger partial charge in [0.25, 0.3) is 0 Å². The highest BCUT2D eigenvalue weighted by Crippen LogP contribution is 2.16. The Kier molecular flexibility index (Phi) is 64.3. The maximum Gasteiger partial charge on any atom is 0.306 e. The standard InChI is InChI=1S/C75H124O6/c1-4-7-10-13-16-18-20-22-24-26-28-30-32-34-36-37-39-40-42-44-46-48-50-52-54-56-59-62-65-68-74(77)80-71-72(70-79-73(76)67-64-61-58-15-12-9-6-3)81-75(78)69-66-63-60-57-55-53-51-49-47-45-43-41-38-35-33-31-29-27-25-23-21-19-17-14-11-8-5-2/h7,10,16,18,21-24,27-30,34,36,39-40,44,46,50,52,56,59,72H,4-6,8-9,11-15,17,19-20,25-26,31-33,35,37-38,41-43,45,47-49,51,53-55,57-58,60-71H2,1-3H3/b10-7-,18-16-,23-21-,24-22-,29-27-,30-28-,36-34-,40-39-,46-44-,52-50-,59-56-. The number of carbonyl (C=O) groups excluding carboxylic acids is 3. The summed E-state index contributed by atoms with van der Waals surface area (Å²) in [7, 11) is 0. The van der Waals surface area contributed by atoms with Crippen LogP contribution in [0.3, 0.4) is 0 Å². The molecular formula is C75H124O6. The van der Waals surface area contributed by atoms with Crippen molar-refractivity contribution in [2.45, 2.75) is 309 Å². The first kappa shape index (κ1) is 76.5. The van der Waals surface area contributed by atoms with Gasteiger partial charge in [0.15, 0.2) is 6.10 Å². The predicted molar refractivity (Wildman–Crippen MR) is 353 cm³/mol. The van der Waals surface area contributed by atoms with Crippen molar-refractivity contribution >= 4 is 17.9 Å². The molecule has 0 aliphatic rings. The van der Waals surface area contributed by atoms with Crippen molar-refractivity contribution in [1.82, 2.24) is 0 Å². The van der Waals surface area contributed by atoms with Crippen molar-refractivity contribution in [2.75, 3.05) is 13.2 Å². The van der Waals surface area contributed by atoms with Gasteiger partial charge < -0.3 is 14.2 Å². The number of ether oxygens (including phenoxy) is 3. The summed E-state index contributed by atoms with van der Waals surface area (Å²) in [5, 5.41) is 0. The van der Waals surface area contributed by atoms with Crippen molar-refractivity contribution < 1.29 is 28.6 Å². The van der Waals surface area contributed by atoms with Crippen LogP contribution in [0.5, 0.6) is 0 Å². The van der Waals surface area contributed by atoms with Crippen LogP contribution in [-0.4, -0.2) is 37.2 Å². The lowest BCUT2D eigenvalue weighted by Crippen LogP contribution is -2.30. The van der Waals surface area contributed by atoms with Gasteiger partial charge in [-0.1, -0.05) is 302 Å². The van der Waals surface area contributed by atoms with Gasteiger partial charge in [-0.05, 0) is 116 Å². The quantitative estimate of drug-likeness (QED) is 0.0261. The molecule has 0 heterocycles. The summed E-state index contributed by atoms with van der Waals surface area (Å²) in [6.07, 6.45) is 96.4. The lowest BCUT2D eigenvalue weighted by atomic mass is 10.0. The van der Waals surface area contributed by atoms with Crippen molar-refractivity contribution in [2.24, 2.45) is 0 Å². The molecule has 0 fully saturated rings. The topological polar surface area (TPSA) is 78.9 Å². The smallest absolute Gasteiger partial charge is 0.306 e. The van der Waals surface area contributed by atoms with E-state index in [4.69, 9.17) is 14.2 Å². The molecule has 460 valence electrons. The Bertz CT molecular complexity index is 1720. The van der Waals surface area contributed by atoms with E-state index in [9.17, 15) is 14.4 Å². The van der Waals surface area contributed by atoms with E-state index in [0.717, 1.165) is 109 Å². The first-order chi connectivity index (χ1) is 40.0. The third-order valence-corrected chi connectivity index (χ3v) is 14.1. The Morgan fingerprint density at radius 2 is 0.494 bits per heavy atom. The molecule has 6 heteroatoms. The number of carbonyl (C=O) groups is 3. The number of esters is 3. The molecule has 6 nitrogen and oxygen atoms in total. The number of allylic oxidation sites excluding steroid dienone is 22. The Morgan fingerprint density at radius 1 is 0.259 bits per heavy atom. The second kappa shape index (κ2) is 68.1. The molecule has 0 aliphatic heterocycles. The van der Waals surface area contributed by atoms with Crippen LogP contribution in [0.1, 0.15) is 303 Å². The normalized spacial score (nSPS) is 13.0. The molecule has 0 saturated carbocycles. The Hall–Kier alpha value is -4.45. The van der Waals surface area contributed by atoms with Gasteiger partial charge in [-0.15, -0.1) is 0 Å². The van der Waals surface area contributed by atoms with Gasteiger partial charge in [-0.25, -0.2) is 0 Å². The van der Waals surface area contributed by atoms with Gasteiger partial charge in [0.05, 0.1) is 0 Å². The molecule has 0 saturated heterocycles. The molecule has 0 aromatic rings. The molecule has 0 spiro atoms. The van der Waals surface area contributed by atoms with E-state index in [1.54, 1.807) is 0 Å². The molecule has 0 aromatic heterocycles. The molecule has 0 N–H and O–H groups in total. The maximum absolute atomic E-state index is 12.9. The molecule has 81 heavy (non-hydrogen) atoms. The SMILES string of the molecule is CC/C=C\C/C=C\C/C=C\C/C=C\C/C=C\C/C=C\C/C=C\C/C=C\C/C=C\CCCC(=O)OCC(COC(=O)CCCCCCCCC)OC(=O)CCCCCCCCCCCCCCCCC/C=C\C/C=C\CCCCCCC. The average molecular weight is 1120 g/mol. The molecular weight excluding hydrogens is 997 g/mol. The van der Waals surface area contributed by atoms with Crippen LogP contribution >= 0.6 is 0 Å². The molecule has 0 radical (unpaired) electrons. The lowest BCUT2D eigenvalue weighted by molar-refractivity contribution is -0.167. The summed E-state index contributed by atoms with van der Waals surface area (Å²) in [5.74, 6) is -0.963. The average Bonchev–Trinajstić information content (AvgIpc) is 3.47. The second-order valence-corrected chi connectivity index (χ2v) is 22.0. The first-order valence-electron chi connectivity index (χ1n) is 33.7. The molecule has 0 amide bonds. The lowest BCUT2D eigenvalue weighted by Gasteiger charge is -2.18. The number of hydrogen-bond acceptors (Lipinski definition) is 6. The first-order valence-corrected chi connectivity index (χ1v) is 33.7. The zero-order valence-corrected chi connectivity index (χ0v) is 52.8. The zero-order chi connectivity index (χ0) is 58.5. The van der Waals surface area contributed by atoms with Crippen LogP contribution < -0.4 is 0 Å². The van der Waals surface area contributed by atoms with E-state index < -0.39 is 6.10 Å². The van der Waals surface area contributed by atoms with E-state index in [2.05, 4.69) is 154 Å². The largest absolute Gasteiger partial charge is 0.462 e. The van der Waals surface area contributed by atoms with E-state index in [1.165, 1.54) is 148 Å². The van der Waals surface area contributed by atoms with E-state index in [1.807, 2.05) is 0 Å². The van der Waals surface area contributed by atoms with Gasteiger partial charge >= 0.3 is 17.9 Å². The third kappa shape index (κ3) is 66.2. The van der Waals surface area contributed by atoms with Gasteiger partial charge in [-0.3, -0.25) is 14.4 Å². The van der Waals surface area contributed by atoms with Crippen LogP contribution in [0.25, 0.3) is 0 Å². The van der Waals surface area contributed by atoms with Crippen molar-refractivity contribution in [3.63, 3.8) is 0 Å². The summed E-state index contributed by atoms with van der Waals surface area (Å²) in [6.45, 7) is 6.44. The summed E-state index contributed by atoms with van der Waals surface area (Å²) < 4.78 is 16.8. The number of unbranched alkanes of at least 4 members (excludes halogenated alkanes) is 27. The maximum atomic E-state index is 12.9. The summed E-state index contributed by atoms with van der Waals surface area (Å²) in [6, 6.07) is 0. The fourth-order valence-electron chi connectivity index (χ4n) is 9.12. The van der Waals surface area contributed by atoms with Crippen LogP contribution in [0.15, 0.2) is 134 Å². The highest BCUT2D eigenvalue weighted by molar-refractivity contribution is 5.71. The molecule has 1 unspecified atom stereocenters. The summed E-state index contributed by atoms with van der Waals surface area (Å²) in [4.78, 5) is 38.1. The minimum Gasteiger partial charge on any atom is -0.462 e. The highest BCUT2D eigenvalue weighted by atomic mass is 16.6. The van der Waals surface area contributed by atoms with Gasteiger partial charge in [0.1, 0.15) is 13.2 Å². The number of rotatable bonds is 60. The molecule has 0 rings (SSSR count). The van der Waals surface area contributed by atoms with Crippen molar-refractivity contribution in [3.8, 4) is 0 Å². The van der Waals surface area contributed by atoms with Crippen LogP contribution in [-0.2, 0) is 28.6 Å². The molecule has 0 aliphatic carbocycles. The highest BCUT2D eigenvalue weighted by Gasteiger charge is 2.19. The second-order valence-electron chi connectivity index (χ2n) is 22.0. The fourth-order valence-corrected chi connectivity index (χ4v) is 9.12. The zero-order valence-electron chi connectivity index (χ0n) is 52.8. The third-order valence-electron chi connectivity index (χ3n) is 14.1. The minimum atomic E-state index is -0.803. The predicted octanol–water partition coefficient (Wildman–Crippen LogP) is 23.3. The summed E-state index contributed by atoms with van der Waals surface area (Å²) >= 11 is 0. The van der Waals surface area contributed by atoms with Crippen molar-refractivity contribution in [3.05, 3.63) is 134 Å². The van der Waals surface area contributed by atoms with Gasteiger partial charge in [0, 0.05) is 19.3 Å². The molecule has 0 aromatic carbocycles. The Morgan fingerprint density at radius 3 is 0.802 bits per heavy atom. The Labute approximate surface area is 500 Å². The molecule has 0 bridgehead atoms. The van der Waals surface area contributed by atoms with Crippen LogP contribution in [0.4, 0.5) is 0 Å².